The highest BCUT2D eigenvalue weighted by atomic mass is 16.2. The van der Waals surface area contributed by atoms with Gasteiger partial charge in [-0.3, -0.25) is 4.79 Å². The number of aryl methyl sites for hydroxylation is 1. The first-order chi connectivity index (χ1) is 12.7. The van der Waals surface area contributed by atoms with Crippen LogP contribution in [0.4, 0.5) is 5.69 Å². The third-order valence-corrected chi connectivity index (χ3v) is 5.83. The van der Waals surface area contributed by atoms with E-state index < -0.39 is 0 Å². The van der Waals surface area contributed by atoms with Crippen LogP contribution in [-0.2, 0) is 17.8 Å². The van der Waals surface area contributed by atoms with E-state index in [2.05, 4.69) is 65.3 Å². The van der Waals surface area contributed by atoms with Crippen molar-refractivity contribution in [2.75, 3.05) is 44.2 Å². The lowest BCUT2D eigenvalue weighted by Crippen LogP contribution is -3.13. The smallest absolute Gasteiger partial charge is 0.242 e. The number of hydrogen-bond acceptors (Lipinski definition) is 2. The van der Waals surface area contributed by atoms with Gasteiger partial charge in [0.05, 0.1) is 32.7 Å². The first kappa shape index (κ1) is 17.1. The summed E-state index contributed by atoms with van der Waals surface area (Å²) in [5.74, 6) is 0.275. The molecule has 1 N–H and O–H groups in total. The summed E-state index contributed by atoms with van der Waals surface area (Å²) in [5.41, 5.74) is 5.40. The van der Waals surface area contributed by atoms with Crippen LogP contribution in [0.5, 0.6) is 0 Å². The van der Waals surface area contributed by atoms with Gasteiger partial charge in [0.15, 0.2) is 0 Å². The van der Waals surface area contributed by atoms with Crippen molar-refractivity contribution in [3.63, 3.8) is 0 Å². The Bertz CT molecular complexity index is 780. The highest BCUT2D eigenvalue weighted by molar-refractivity contribution is 5.82. The molecule has 4 heteroatoms. The SMILES string of the molecule is Cc1ccccc1C[NH+]1CCN(C(=O)CN2CCc3ccccc32)CC1. The van der Waals surface area contributed by atoms with E-state index >= 15 is 0 Å². The molecule has 136 valence electrons. The highest BCUT2D eigenvalue weighted by Gasteiger charge is 2.27. The molecule has 0 spiro atoms. The minimum absolute atomic E-state index is 0.275. The van der Waals surface area contributed by atoms with Crippen LogP contribution in [0.3, 0.4) is 0 Å². The van der Waals surface area contributed by atoms with Gasteiger partial charge < -0.3 is 14.7 Å². The number of quaternary nitrogens is 1. The second kappa shape index (κ2) is 7.50. The second-order valence-electron chi connectivity index (χ2n) is 7.53. The predicted octanol–water partition coefficient (Wildman–Crippen LogP) is 1.28. The molecule has 0 bridgehead atoms. The van der Waals surface area contributed by atoms with Crippen LogP contribution in [0.2, 0.25) is 0 Å². The minimum atomic E-state index is 0.275. The van der Waals surface area contributed by atoms with Gasteiger partial charge in [-0.2, -0.15) is 0 Å². The van der Waals surface area contributed by atoms with E-state index in [1.165, 1.54) is 22.4 Å². The second-order valence-corrected chi connectivity index (χ2v) is 7.53. The van der Waals surface area contributed by atoms with Crippen LogP contribution in [0.1, 0.15) is 16.7 Å². The Hall–Kier alpha value is -2.33. The number of rotatable bonds is 4. The van der Waals surface area contributed by atoms with Gasteiger partial charge in [0.25, 0.3) is 0 Å². The van der Waals surface area contributed by atoms with Crippen LogP contribution in [-0.4, -0.2) is 50.1 Å². The van der Waals surface area contributed by atoms with E-state index in [1.54, 1.807) is 4.90 Å². The maximum absolute atomic E-state index is 12.8. The van der Waals surface area contributed by atoms with Crippen LogP contribution in [0.25, 0.3) is 0 Å². The Morgan fingerprint density at radius 3 is 2.54 bits per heavy atom. The van der Waals surface area contributed by atoms with Crippen LogP contribution < -0.4 is 9.80 Å². The fourth-order valence-corrected chi connectivity index (χ4v) is 4.16. The van der Waals surface area contributed by atoms with Crippen molar-refractivity contribution in [1.29, 1.82) is 0 Å². The number of carbonyl (C=O) groups excluding carboxylic acids is 1. The number of piperazine rings is 1. The van der Waals surface area contributed by atoms with Crippen molar-refractivity contribution in [1.82, 2.24) is 4.90 Å². The molecule has 0 aliphatic carbocycles. The largest absolute Gasteiger partial charge is 0.362 e. The van der Waals surface area contributed by atoms with Crippen molar-refractivity contribution in [3.8, 4) is 0 Å². The van der Waals surface area contributed by atoms with Crippen molar-refractivity contribution >= 4 is 11.6 Å². The van der Waals surface area contributed by atoms with Gasteiger partial charge in [-0.15, -0.1) is 0 Å². The Morgan fingerprint density at radius 1 is 1.00 bits per heavy atom. The van der Waals surface area contributed by atoms with E-state index in [9.17, 15) is 4.79 Å². The quantitative estimate of drug-likeness (QED) is 0.900. The normalized spacial score (nSPS) is 17.4. The average molecular weight is 350 g/mol. The molecular weight excluding hydrogens is 322 g/mol. The summed E-state index contributed by atoms with van der Waals surface area (Å²) in [6, 6.07) is 17.1. The molecule has 0 radical (unpaired) electrons. The van der Waals surface area contributed by atoms with Gasteiger partial charge in [0.2, 0.25) is 5.91 Å². The Morgan fingerprint density at radius 2 is 1.73 bits per heavy atom. The maximum atomic E-state index is 12.8. The zero-order valence-electron chi connectivity index (χ0n) is 15.6. The highest BCUT2D eigenvalue weighted by Crippen LogP contribution is 2.27. The van der Waals surface area contributed by atoms with Gasteiger partial charge in [-0.1, -0.05) is 42.5 Å². The fraction of sp³-hybridized carbons (Fsp3) is 0.409. The number of benzene rings is 2. The van der Waals surface area contributed by atoms with E-state index in [0.29, 0.717) is 6.54 Å². The van der Waals surface area contributed by atoms with E-state index in [0.717, 1.165) is 45.7 Å². The predicted molar refractivity (Wildman–Crippen MR) is 105 cm³/mol. The number of carbonyl (C=O) groups is 1. The molecule has 2 aromatic carbocycles. The molecule has 2 aliphatic rings. The Balaban J connectivity index is 1.30. The minimum Gasteiger partial charge on any atom is -0.362 e. The molecule has 2 aromatic rings. The molecule has 0 saturated carbocycles. The summed E-state index contributed by atoms with van der Waals surface area (Å²) in [5, 5.41) is 0. The first-order valence-electron chi connectivity index (χ1n) is 9.69. The number of para-hydroxylation sites is 1. The molecule has 1 amide bonds. The standard InChI is InChI=1S/C22H27N3O/c1-18-6-2-3-8-20(18)16-23-12-14-24(15-13-23)22(26)17-25-11-10-19-7-4-5-9-21(19)25/h2-9H,10-17H2,1H3/p+1. The number of nitrogens with zero attached hydrogens (tertiary/aromatic N) is 2. The molecule has 0 atom stereocenters. The first-order valence-corrected chi connectivity index (χ1v) is 9.69. The molecule has 2 aliphatic heterocycles. The molecule has 4 rings (SSSR count). The van der Waals surface area contributed by atoms with E-state index in [-0.39, 0.29) is 5.91 Å². The maximum Gasteiger partial charge on any atom is 0.242 e. The van der Waals surface area contributed by atoms with Gasteiger partial charge in [0.1, 0.15) is 6.54 Å². The summed E-state index contributed by atoms with van der Waals surface area (Å²) in [7, 11) is 0. The molecule has 1 saturated heterocycles. The van der Waals surface area contributed by atoms with E-state index in [4.69, 9.17) is 0 Å². The molecule has 0 unspecified atom stereocenters. The van der Waals surface area contributed by atoms with Crippen LogP contribution in [0.15, 0.2) is 48.5 Å². The van der Waals surface area contributed by atoms with Crippen LogP contribution >= 0.6 is 0 Å². The number of amides is 1. The zero-order chi connectivity index (χ0) is 17.9. The Labute approximate surface area is 156 Å². The fourth-order valence-electron chi connectivity index (χ4n) is 4.16. The third kappa shape index (κ3) is 3.61. The molecule has 0 aromatic heterocycles. The number of fused-ring (bicyclic) bond motifs is 1. The molecule has 2 heterocycles. The summed E-state index contributed by atoms with van der Waals surface area (Å²) in [4.78, 5) is 18.6. The monoisotopic (exact) mass is 350 g/mol. The van der Waals surface area contributed by atoms with Crippen molar-refractivity contribution < 1.29 is 9.69 Å². The average Bonchev–Trinajstić information content (AvgIpc) is 3.07. The van der Waals surface area contributed by atoms with Gasteiger partial charge in [0, 0.05) is 17.8 Å². The van der Waals surface area contributed by atoms with Crippen molar-refractivity contribution in [3.05, 3.63) is 65.2 Å². The number of hydrogen-bond donors (Lipinski definition) is 1. The topological polar surface area (TPSA) is 28.0 Å². The van der Waals surface area contributed by atoms with Crippen molar-refractivity contribution in [2.24, 2.45) is 0 Å². The lowest BCUT2D eigenvalue weighted by atomic mass is 10.1. The molecular formula is C22H28N3O+. The number of nitrogens with one attached hydrogen (secondary N) is 1. The van der Waals surface area contributed by atoms with Crippen LogP contribution in [0, 0.1) is 6.92 Å². The number of anilines is 1. The molecule has 1 fully saturated rings. The Kier molecular flexibility index (Phi) is 4.93. The van der Waals surface area contributed by atoms with E-state index in [1.807, 2.05) is 0 Å². The molecule has 26 heavy (non-hydrogen) atoms. The summed E-state index contributed by atoms with van der Waals surface area (Å²) in [6.07, 6.45) is 1.05. The van der Waals surface area contributed by atoms with Gasteiger partial charge in [-0.05, 0) is 30.5 Å². The lowest BCUT2D eigenvalue weighted by Gasteiger charge is -2.33. The van der Waals surface area contributed by atoms with Crippen molar-refractivity contribution in [2.45, 2.75) is 19.9 Å². The van der Waals surface area contributed by atoms with Gasteiger partial charge >= 0.3 is 0 Å². The lowest BCUT2D eigenvalue weighted by molar-refractivity contribution is -0.917. The summed E-state index contributed by atoms with van der Waals surface area (Å²) in [6.45, 7) is 8.54. The summed E-state index contributed by atoms with van der Waals surface area (Å²) >= 11 is 0. The van der Waals surface area contributed by atoms with Gasteiger partial charge in [-0.25, -0.2) is 0 Å². The zero-order valence-corrected chi connectivity index (χ0v) is 15.6. The molecule has 4 nitrogen and oxygen atoms in total. The third-order valence-electron chi connectivity index (χ3n) is 5.83. The summed E-state index contributed by atoms with van der Waals surface area (Å²) < 4.78 is 0.